The van der Waals surface area contributed by atoms with Crippen LogP contribution in [0.2, 0.25) is 0 Å². The molecule has 8 heteroatoms. The lowest BCUT2D eigenvalue weighted by atomic mass is 10.0. The molecule has 2 aromatic heterocycles. The Kier molecular flexibility index (Phi) is 5.55. The summed E-state index contributed by atoms with van der Waals surface area (Å²) in [5, 5.41) is 6.14. The number of hydrogen-bond acceptors (Lipinski definition) is 7. The first kappa shape index (κ1) is 21.4. The van der Waals surface area contributed by atoms with E-state index in [4.69, 9.17) is 13.6 Å². The fourth-order valence-electron chi connectivity index (χ4n) is 3.83. The van der Waals surface area contributed by atoms with E-state index in [1.807, 2.05) is 31.2 Å². The summed E-state index contributed by atoms with van der Waals surface area (Å²) >= 11 is 0. The molecule has 4 aromatic rings. The number of nitrogens with zero attached hydrogens (tertiary/aromatic N) is 2. The fraction of sp³-hybridized carbons (Fsp3) is 0.154. The largest absolute Gasteiger partial charge is 0.467 e. The molecular weight excluding hydrogens is 436 g/mol. The van der Waals surface area contributed by atoms with Crippen LogP contribution in [0.1, 0.15) is 39.9 Å². The van der Waals surface area contributed by atoms with Gasteiger partial charge in [-0.3, -0.25) is 9.59 Å². The number of furan rings is 1. The number of amides is 1. The van der Waals surface area contributed by atoms with E-state index in [-0.39, 0.29) is 16.8 Å². The molecular formula is C26H20N2O6. The highest BCUT2D eigenvalue weighted by Crippen LogP contribution is 2.33. The molecule has 1 aliphatic rings. The highest BCUT2D eigenvalue weighted by molar-refractivity contribution is 6.03. The van der Waals surface area contributed by atoms with E-state index in [1.165, 1.54) is 11.3 Å². The summed E-state index contributed by atoms with van der Waals surface area (Å²) in [6.45, 7) is 1.42. The van der Waals surface area contributed by atoms with Crippen molar-refractivity contribution in [2.24, 2.45) is 5.10 Å². The standard InChI is InChI=1S/C26H20N2O6/c1-16-8-10-17(11-9-16)19-13-20(23-7-4-12-32-23)28(27-19)25(30)15-33-26(31)24-14-21(29)18-5-2-3-6-22(18)34-24/h2-12,14,20H,13,15H2,1H3. The maximum Gasteiger partial charge on any atom is 0.374 e. The molecule has 2 aromatic carbocycles. The third-order valence-corrected chi connectivity index (χ3v) is 5.58. The molecule has 0 spiro atoms. The number of hydrogen-bond donors (Lipinski definition) is 0. The molecule has 34 heavy (non-hydrogen) atoms. The summed E-state index contributed by atoms with van der Waals surface area (Å²) in [4.78, 5) is 37.8. The monoisotopic (exact) mass is 456 g/mol. The van der Waals surface area contributed by atoms with Gasteiger partial charge >= 0.3 is 5.97 Å². The van der Waals surface area contributed by atoms with Crippen LogP contribution in [0, 0.1) is 6.92 Å². The van der Waals surface area contributed by atoms with Crippen LogP contribution >= 0.6 is 0 Å². The maximum atomic E-state index is 13.0. The number of ether oxygens (including phenoxy) is 1. The third-order valence-electron chi connectivity index (χ3n) is 5.58. The molecule has 0 saturated heterocycles. The zero-order valence-corrected chi connectivity index (χ0v) is 18.3. The van der Waals surface area contributed by atoms with Gasteiger partial charge in [-0.05, 0) is 36.8 Å². The Morgan fingerprint density at radius 3 is 2.65 bits per heavy atom. The first-order valence-corrected chi connectivity index (χ1v) is 10.7. The minimum Gasteiger partial charge on any atom is -0.467 e. The van der Waals surface area contributed by atoms with E-state index < -0.39 is 24.5 Å². The molecule has 1 atom stereocenters. The van der Waals surface area contributed by atoms with Gasteiger partial charge in [-0.15, -0.1) is 0 Å². The SMILES string of the molecule is Cc1ccc(C2=NN(C(=O)COC(=O)c3cc(=O)c4ccccc4o3)C(c3ccco3)C2)cc1. The molecule has 0 aliphatic carbocycles. The van der Waals surface area contributed by atoms with Gasteiger partial charge in [0.1, 0.15) is 17.4 Å². The Morgan fingerprint density at radius 1 is 1.09 bits per heavy atom. The molecule has 0 fully saturated rings. The quantitative estimate of drug-likeness (QED) is 0.417. The molecule has 0 saturated carbocycles. The van der Waals surface area contributed by atoms with Gasteiger partial charge in [0.15, 0.2) is 12.0 Å². The normalized spacial score (nSPS) is 15.4. The molecule has 0 radical (unpaired) electrons. The van der Waals surface area contributed by atoms with Crippen molar-refractivity contribution in [3.63, 3.8) is 0 Å². The minimum atomic E-state index is -0.910. The number of benzene rings is 2. The Labute approximate surface area is 194 Å². The molecule has 0 N–H and O–H groups in total. The minimum absolute atomic E-state index is 0.262. The van der Waals surface area contributed by atoms with Crippen molar-refractivity contribution < 1.29 is 23.2 Å². The van der Waals surface area contributed by atoms with Gasteiger partial charge in [-0.25, -0.2) is 9.80 Å². The van der Waals surface area contributed by atoms with Crippen molar-refractivity contribution >= 4 is 28.6 Å². The van der Waals surface area contributed by atoms with Crippen molar-refractivity contribution in [1.29, 1.82) is 0 Å². The van der Waals surface area contributed by atoms with Crippen LogP contribution in [0.15, 0.2) is 91.7 Å². The zero-order chi connectivity index (χ0) is 23.7. The lowest BCUT2D eigenvalue weighted by Gasteiger charge is -2.19. The van der Waals surface area contributed by atoms with E-state index in [0.29, 0.717) is 17.6 Å². The molecule has 5 rings (SSSR count). The average molecular weight is 456 g/mol. The second-order valence-electron chi connectivity index (χ2n) is 7.93. The van der Waals surface area contributed by atoms with E-state index in [0.717, 1.165) is 22.9 Å². The summed E-state index contributed by atoms with van der Waals surface area (Å²) in [6, 6.07) is 18.5. The molecule has 3 heterocycles. The number of hydrazone groups is 1. The van der Waals surface area contributed by atoms with Crippen LogP contribution in [-0.4, -0.2) is 29.2 Å². The lowest BCUT2D eigenvalue weighted by Crippen LogP contribution is -2.31. The maximum absolute atomic E-state index is 13.0. The average Bonchev–Trinajstić information content (AvgIpc) is 3.53. The molecule has 0 bridgehead atoms. The second-order valence-corrected chi connectivity index (χ2v) is 7.93. The number of carbonyl (C=O) groups excluding carboxylic acids is 2. The van der Waals surface area contributed by atoms with Crippen molar-refractivity contribution in [1.82, 2.24) is 5.01 Å². The Balaban J connectivity index is 1.35. The number of aryl methyl sites for hydroxylation is 1. The molecule has 1 aliphatic heterocycles. The Hall–Kier alpha value is -4.46. The van der Waals surface area contributed by atoms with Gasteiger partial charge in [0.2, 0.25) is 5.76 Å². The van der Waals surface area contributed by atoms with Crippen LogP contribution in [-0.2, 0) is 9.53 Å². The Bertz CT molecular complexity index is 1450. The fourth-order valence-corrected chi connectivity index (χ4v) is 3.83. The molecule has 8 nitrogen and oxygen atoms in total. The van der Waals surface area contributed by atoms with E-state index in [1.54, 1.807) is 36.4 Å². The smallest absolute Gasteiger partial charge is 0.374 e. The van der Waals surface area contributed by atoms with Crippen LogP contribution < -0.4 is 5.43 Å². The summed E-state index contributed by atoms with van der Waals surface area (Å²) < 4.78 is 16.2. The lowest BCUT2D eigenvalue weighted by molar-refractivity contribution is -0.136. The predicted octanol–water partition coefficient (Wildman–Crippen LogP) is 4.23. The first-order valence-electron chi connectivity index (χ1n) is 10.7. The topological polar surface area (TPSA) is 102 Å². The number of para-hydroxylation sites is 1. The molecule has 170 valence electrons. The van der Waals surface area contributed by atoms with Gasteiger partial charge in [0, 0.05) is 12.5 Å². The van der Waals surface area contributed by atoms with E-state index >= 15 is 0 Å². The summed E-state index contributed by atoms with van der Waals surface area (Å²) in [7, 11) is 0. The van der Waals surface area contributed by atoms with Crippen molar-refractivity contribution in [3.05, 3.63) is 106 Å². The highest BCUT2D eigenvalue weighted by atomic mass is 16.5. The number of fused-ring (bicyclic) bond motifs is 1. The van der Waals surface area contributed by atoms with Crippen molar-refractivity contribution in [2.75, 3.05) is 6.61 Å². The van der Waals surface area contributed by atoms with Crippen LogP contribution in [0.3, 0.4) is 0 Å². The summed E-state index contributed by atoms with van der Waals surface area (Å²) in [6.07, 6.45) is 1.99. The van der Waals surface area contributed by atoms with Gasteiger partial charge in [0.25, 0.3) is 5.91 Å². The molecule has 1 unspecified atom stereocenters. The van der Waals surface area contributed by atoms with Crippen LogP contribution in [0.4, 0.5) is 0 Å². The van der Waals surface area contributed by atoms with Gasteiger partial charge in [-0.2, -0.15) is 5.10 Å². The van der Waals surface area contributed by atoms with Gasteiger partial charge < -0.3 is 13.6 Å². The first-order chi connectivity index (χ1) is 16.5. The molecule has 1 amide bonds. The Morgan fingerprint density at radius 2 is 1.88 bits per heavy atom. The predicted molar refractivity (Wildman–Crippen MR) is 123 cm³/mol. The second kappa shape index (κ2) is 8.82. The highest BCUT2D eigenvalue weighted by Gasteiger charge is 2.35. The number of carbonyl (C=O) groups is 2. The summed E-state index contributed by atoms with van der Waals surface area (Å²) in [5.74, 6) is -1.14. The van der Waals surface area contributed by atoms with Crippen molar-refractivity contribution in [3.8, 4) is 0 Å². The number of esters is 1. The zero-order valence-electron chi connectivity index (χ0n) is 18.3. The van der Waals surface area contributed by atoms with Crippen LogP contribution in [0.5, 0.6) is 0 Å². The van der Waals surface area contributed by atoms with Crippen LogP contribution in [0.25, 0.3) is 11.0 Å². The van der Waals surface area contributed by atoms with E-state index in [2.05, 4.69) is 5.10 Å². The number of rotatable bonds is 5. The summed E-state index contributed by atoms with van der Waals surface area (Å²) in [5.41, 5.74) is 2.63. The van der Waals surface area contributed by atoms with Crippen molar-refractivity contribution in [2.45, 2.75) is 19.4 Å². The van der Waals surface area contributed by atoms with Gasteiger partial charge in [0.05, 0.1) is 17.4 Å². The van der Waals surface area contributed by atoms with E-state index in [9.17, 15) is 14.4 Å². The van der Waals surface area contributed by atoms with Gasteiger partial charge in [-0.1, -0.05) is 42.0 Å². The third kappa shape index (κ3) is 4.13.